The maximum absolute atomic E-state index is 12.7. The first-order valence-electron chi connectivity index (χ1n) is 10.2. The lowest BCUT2D eigenvalue weighted by atomic mass is 10.0. The first-order valence-corrected chi connectivity index (χ1v) is 10.2. The Kier molecular flexibility index (Phi) is 5.53. The molecule has 2 aliphatic rings. The fourth-order valence-corrected chi connectivity index (χ4v) is 4.19. The van der Waals surface area contributed by atoms with Crippen LogP contribution in [-0.4, -0.2) is 32.2 Å². The number of benzene rings is 2. The first kappa shape index (κ1) is 18.8. The van der Waals surface area contributed by atoms with Crippen LogP contribution in [0.25, 0.3) is 0 Å². The summed E-state index contributed by atoms with van der Waals surface area (Å²) in [4.78, 5) is 14.0. The molecule has 4 rings (SSSR count). The zero-order valence-electron chi connectivity index (χ0n) is 16.7. The molecular weight excluding hydrogens is 352 g/mol. The van der Waals surface area contributed by atoms with Gasteiger partial charge in [-0.2, -0.15) is 0 Å². The van der Waals surface area contributed by atoms with E-state index in [1.165, 1.54) is 10.5 Å². The minimum Gasteiger partial charge on any atom is -0.490 e. The number of nitrogens with one attached hydrogen (secondary N) is 2. The standard InChI is InChI=1S/C23H28N2O3/c1-16-6-7-17(2)19(13-16)24-23(26)15-25-10-3-5-20(25)18-8-9-21-22(14-18)28-12-4-11-27-21/h6-9,13-14,20H,3-5,10-12,15H2,1-2H3,(H,24,26)/p+1/t20-/m1/s1. The molecule has 5 nitrogen and oxygen atoms in total. The van der Waals surface area contributed by atoms with Crippen molar-refractivity contribution in [3.8, 4) is 11.5 Å². The molecule has 28 heavy (non-hydrogen) atoms. The molecule has 0 saturated carbocycles. The Bertz CT molecular complexity index is 865. The minimum atomic E-state index is 0.0740. The van der Waals surface area contributed by atoms with Crippen molar-refractivity contribution in [2.75, 3.05) is 31.6 Å². The zero-order valence-corrected chi connectivity index (χ0v) is 16.7. The van der Waals surface area contributed by atoms with Crippen LogP contribution in [0.1, 0.15) is 42.0 Å². The third-order valence-electron chi connectivity index (χ3n) is 5.71. The van der Waals surface area contributed by atoms with Crippen molar-refractivity contribution >= 4 is 11.6 Å². The van der Waals surface area contributed by atoms with E-state index in [4.69, 9.17) is 9.47 Å². The number of hydrogen-bond acceptors (Lipinski definition) is 3. The molecule has 0 aromatic heterocycles. The van der Waals surface area contributed by atoms with Gasteiger partial charge in [-0.3, -0.25) is 4.79 Å². The Hall–Kier alpha value is -2.53. The molecule has 2 aliphatic heterocycles. The van der Waals surface area contributed by atoms with Crippen molar-refractivity contribution in [1.82, 2.24) is 0 Å². The molecule has 2 atom stereocenters. The van der Waals surface area contributed by atoms with Crippen LogP contribution in [0.3, 0.4) is 0 Å². The molecule has 1 unspecified atom stereocenters. The summed E-state index contributed by atoms with van der Waals surface area (Å²) < 4.78 is 11.6. The molecular formula is C23H29N2O3+. The number of hydrogen-bond donors (Lipinski definition) is 2. The molecule has 0 bridgehead atoms. The number of ether oxygens (including phenoxy) is 2. The number of carbonyl (C=O) groups excluding carboxylic acids is 1. The smallest absolute Gasteiger partial charge is 0.279 e. The van der Waals surface area contributed by atoms with Gasteiger partial charge in [0.1, 0.15) is 6.04 Å². The third kappa shape index (κ3) is 4.14. The van der Waals surface area contributed by atoms with Gasteiger partial charge in [0.05, 0.1) is 19.8 Å². The molecule has 0 spiro atoms. The Balaban J connectivity index is 1.45. The van der Waals surface area contributed by atoms with Gasteiger partial charge in [-0.25, -0.2) is 0 Å². The van der Waals surface area contributed by atoms with Gasteiger partial charge in [0.15, 0.2) is 18.0 Å². The van der Waals surface area contributed by atoms with Crippen molar-refractivity contribution in [2.45, 2.75) is 39.2 Å². The van der Waals surface area contributed by atoms with Crippen LogP contribution >= 0.6 is 0 Å². The topological polar surface area (TPSA) is 52.0 Å². The van der Waals surface area contributed by atoms with Crippen LogP contribution in [0.15, 0.2) is 36.4 Å². The van der Waals surface area contributed by atoms with Gasteiger partial charge in [-0.05, 0) is 49.2 Å². The van der Waals surface area contributed by atoms with E-state index in [1.807, 2.05) is 32.0 Å². The van der Waals surface area contributed by atoms with Crippen molar-refractivity contribution in [1.29, 1.82) is 0 Å². The van der Waals surface area contributed by atoms with Crippen LogP contribution in [0.5, 0.6) is 11.5 Å². The summed E-state index contributed by atoms with van der Waals surface area (Å²) >= 11 is 0. The number of aryl methyl sites for hydroxylation is 2. The summed E-state index contributed by atoms with van der Waals surface area (Å²) in [7, 11) is 0. The van der Waals surface area contributed by atoms with Crippen LogP contribution in [-0.2, 0) is 4.79 Å². The second kappa shape index (κ2) is 8.23. The number of anilines is 1. The summed E-state index contributed by atoms with van der Waals surface area (Å²) in [5.41, 5.74) is 4.39. The highest BCUT2D eigenvalue weighted by Crippen LogP contribution is 2.33. The van der Waals surface area contributed by atoms with Crippen molar-refractivity contribution in [2.24, 2.45) is 0 Å². The van der Waals surface area contributed by atoms with Gasteiger partial charge in [0.25, 0.3) is 5.91 Å². The summed E-state index contributed by atoms with van der Waals surface area (Å²) in [6.45, 7) is 6.95. The van der Waals surface area contributed by atoms with Crippen molar-refractivity contribution in [3.05, 3.63) is 53.1 Å². The van der Waals surface area contributed by atoms with E-state index in [0.29, 0.717) is 25.8 Å². The van der Waals surface area contributed by atoms with E-state index in [0.717, 1.165) is 54.1 Å². The van der Waals surface area contributed by atoms with Gasteiger partial charge in [0.2, 0.25) is 0 Å². The van der Waals surface area contributed by atoms with E-state index in [1.54, 1.807) is 0 Å². The molecule has 2 aromatic rings. The van der Waals surface area contributed by atoms with Crippen LogP contribution in [0.2, 0.25) is 0 Å². The normalized spacial score (nSPS) is 21.2. The molecule has 1 fully saturated rings. The van der Waals surface area contributed by atoms with Crippen molar-refractivity contribution < 1.29 is 19.2 Å². The number of fused-ring (bicyclic) bond motifs is 1. The molecule has 0 radical (unpaired) electrons. The highest BCUT2D eigenvalue weighted by molar-refractivity contribution is 5.92. The van der Waals surface area contributed by atoms with E-state index in [2.05, 4.69) is 23.5 Å². The summed E-state index contributed by atoms with van der Waals surface area (Å²) in [5, 5.41) is 3.10. The van der Waals surface area contributed by atoms with Gasteiger partial charge in [-0.1, -0.05) is 12.1 Å². The number of rotatable bonds is 4. The zero-order chi connectivity index (χ0) is 19.5. The highest BCUT2D eigenvalue weighted by Gasteiger charge is 2.32. The SMILES string of the molecule is Cc1ccc(C)c(NC(=O)C[NH+]2CCC[C@@H]2c2ccc3c(c2)OCCCO3)c1. The fraction of sp³-hybridized carbons (Fsp3) is 0.435. The monoisotopic (exact) mass is 381 g/mol. The number of likely N-dealkylation sites (tertiary alicyclic amines) is 1. The largest absolute Gasteiger partial charge is 0.490 e. The number of amides is 1. The Labute approximate surface area is 166 Å². The van der Waals surface area contributed by atoms with Gasteiger partial charge in [-0.15, -0.1) is 0 Å². The lowest BCUT2D eigenvalue weighted by Gasteiger charge is -2.22. The van der Waals surface area contributed by atoms with E-state index in [-0.39, 0.29) is 5.91 Å². The molecule has 148 valence electrons. The Morgan fingerprint density at radius 2 is 1.89 bits per heavy atom. The minimum absolute atomic E-state index is 0.0740. The van der Waals surface area contributed by atoms with E-state index in [9.17, 15) is 4.79 Å². The summed E-state index contributed by atoms with van der Waals surface area (Å²) in [6, 6.07) is 12.7. The molecule has 2 aromatic carbocycles. The molecule has 1 amide bonds. The Morgan fingerprint density at radius 3 is 2.75 bits per heavy atom. The third-order valence-corrected chi connectivity index (χ3v) is 5.71. The van der Waals surface area contributed by atoms with Crippen LogP contribution in [0.4, 0.5) is 5.69 Å². The lowest BCUT2D eigenvalue weighted by molar-refractivity contribution is -0.910. The summed E-state index contributed by atoms with van der Waals surface area (Å²) in [5.74, 6) is 1.74. The average Bonchev–Trinajstić information content (AvgIpc) is 3.00. The second-order valence-electron chi connectivity index (χ2n) is 7.90. The van der Waals surface area contributed by atoms with E-state index >= 15 is 0 Å². The quantitative estimate of drug-likeness (QED) is 0.856. The molecule has 0 aliphatic carbocycles. The predicted octanol–water partition coefficient (Wildman–Crippen LogP) is 2.82. The first-order chi connectivity index (χ1) is 13.6. The molecule has 2 heterocycles. The maximum atomic E-state index is 12.7. The number of carbonyl (C=O) groups is 1. The van der Waals surface area contributed by atoms with E-state index < -0.39 is 0 Å². The fourth-order valence-electron chi connectivity index (χ4n) is 4.19. The second-order valence-corrected chi connectivity index (χ2v) is 7.90. The summed E-state index contributed by atoms with van der Waals surface area (Å²) in [6.07, 6.45) is 3.13. The van der Waals surface area contributed by atoms with Crippen LogP contribution < -0.4 is 19.7 Å². The van der Waals surface area contributed by atoms with Crippen LogP contribution in [0, 0.1) is 13.8 Å². The maximum Gasteiger partial charge on any atom is 0.279 e. The molecule has 5 heteroatoms. The molecule has 2 N–H and O–H groups in total. The van der Waals surface area contributed by atoms with Gasteiger partial charge < -0.3 is 19.7 Å². The van der Waals surface area contributed by atoms with Crippen molar-refractivity contribution in [3.63, 3.8) is 0 Å². The predicted molar refractivity (Wildman–Crippen MR) is 109 cm³/mol. The van der Waals surface area contributed by atoms with Gasteiger partial charge in [0, 0.05) is 30.5 Å². The average molecular weight is 381 g/mol. The molecule has 1 saturated heterocycles. The number of quaternary nitrogens is 1. The lowest BCUT2D eigenvalue weighted by Crippen LogP contribution is -3.11. The Morgan fingerprint density at radius 1 is 1.07 bits per heavy atom. The van der Waals surface area contributed by atoms with Gasteiger partial charge >= 0.3 is 0 Å². The highest BCUT2D eigenvalue weighted by atomic mass is 16.5.